The molecule has 1 aliphatic carbocycles. The molecule has 3 nitrogen and oxygen atoms in total. The minimum atomic E-state index is 0.0973. The molecule has 4 heteroatoms. The summed E-state index contributed by atoms with van der Waals surface area (Å²) in [7, 11) is 1.84. The van der Waals surface area contributed by atoms with Crippen LogP contribution in [0.15, 0.2) is 48.3 Å². The van der Waals surface area contributed by atoms with Gasteiger partial charge in [-0.05, 0) is 42.7 Å². The van der Waals surface area contributed by atoms with Crippen LogP contribution in [-0.2, 0) is 11.2 Å². The van der Waals surface area contributed by atoms with Crippen LogP contribution in [0.1, 0.15) is 18.9 Å². The van der Waals surface area contributed by atoms with Crippen molar-refractivity contribution in [2.45, 2.75) is 32.0 Å². The third kappa shape index (κ3) is 2.38. The molecule has 5 atom stereocenters. The number of nitrogens with one attached hydrogen (secondary N) is 2. The molecule has 0 aromatic heterocycles. The summed E-state index contributed by atoms with van der Waals surface area (Å²) >= 11 is 6.03. The van der Waals surface area contributed by atoms with Crippen LogP contribution in [0.3, 0.4) is 0 Å². The van der Waals surface area contributed by atoms with E-state index in [9.17, 15) is 0 Å². The molecule has 0 saturated carbocycles. The van der Waals surface area contributed by atoms with E-state index in [0.29, 0.717) is 18.0 Å². The lowest BCUT2D eigenvalue weighted by Crippen LogP contribution is -2.43. The summed E-state index contributed by atoms with van der Waals surface area (Å²) in [5.41, 5.74) is 2.80. The smallest absolute Gasteiger partial charge is 0.105 e. The maximum absolute atomic E-state index is 6.03. The van der Waals surface area contributed by atoms with Crippen LogP contribution in [0, 0.1) is 17.3 Å². The molecule has 2 N–H and O–H groups in total. The van der Waals surface area contributed by atoms with Gasteiger partial charge in [0.1, 0.15) is 6.17 Å². The number of rotatable bonds is 3. The molecule has 2 heterocycles. The zero-order chi connectivity index (χ0) is 16.0. The van der Waals surface area contributed by atoms with Gasteiger partial charge in [0.15, 0.2) is 0 Å². The minimum absolute atomic E-state index is 0.0973. The first-order valence-corrected chi connectivity index (χ1v) is 8.67. The molecule has 3 aliphatic rings. The quantitative estimate of drug-likeness (QED) is 0.890. The lowest BCUT2D eigenvalue weighted by molar-refractivity contribution is 0.0116. The fraction of sp³-hybridized carbons (Fsp3) is 0.474. The zero-order valence-corrected chi connectivity index (χ0v) is 14.3. The number of fused-ring (bicyclic) bond motifs is 3. The Kier molecular flexibility index (Phi) is 3.66. The van der Waals surface area contributed by atoms with E-state index < -0.39 is 0 Å². The third-order valence-corrected chi connectivity index (χ3v) is 6.06. The molecular formula is C19H23ClN2O. The van der Waals surface area contributed by atoms with Gasteiger partial charge in [0, 0.05) is 29.2 Å². The SMILES string of the molecule is COC1CC=C2NC3NC=CC3(C)C2C1Cc1ccc(Cl)cc1. The Balaban J connectivity index is 1.68. The van der Waals surface area contributed by atoms with Crippen molar-refractivity contribution in [1.29, 1.82) is 0 Å². The van der Waals surface area contributed by atoms with Crippen LogP contribution in [0.2, 0.25) is 5.02 Å². The summed E-state index contributed by atoms with van der Waals surface area (Å²) in [5, 5.41) is 7.92. The van der Waals surface area contributed by atoms with Crippen LogP contribution in [0.4, 0.5) is 0 Å². The van der Waals surface area contributed by atoms with Crippen molar-refractivity contribution in [2.24, 2.45) is 17.3 Å². The number of hydrogen-bond acceptors (Lipinski definition) is 3. The highest BCUT2D eigenvalue weighted by molar-refractivity contribution is 6.30. The van der Waals surface area contributed by atoms with E-state index in [1.54, 1.807) is 0 Å². The molecule has 1 saturated heterocycles. The van der Waals surface area contributed by atoms with Crippen molar-refractivity contribution in [3.8, 4) is 0 Å². The second kappa shape index (κ2) is 5.57. The first kappa shape index (κ1) is 15.1. The largest absolute Gasteiger partial charge is 0.381 e. The molecular weight excluding hydrogens is 308 g/mol. The second-order valence-electron chi connectivity index (χ2n) is 7.08. The van der Waals surface area contributed by atoms with Crippen LogP contribution >= 0.6 is 11.6 Å². The van der Waals surface area contributed by atoms with E-state index in [2.05, 4.69) is 48.0 Å². The minimum Gasteiger partial charge on any atom is -0.381 e. The number of methoxy groups -OCH3 is 1. The fourth-order valence-corrected chi connectivity index (χ4v) is 4.72. The summed E-state index contributed by atoms with van der Waals surface area (Å²) in [6.07, 6.45) is 9.27. The Bertz CT molecular complexity index is 654. The van der Waals surface area contributed by atoms with Gasteiger partial charge in [0.25, 0.3) is 0 Å². The fourth-order valence-electron chi connectivity index (χ4n) is 4.59. The highest BCUT2D eigenvalue weighted by Crippen LogP contribution is 2.52. The first-order valence-electron chi connectivity index (χ1n) is 8.29. The number of hydrogen-bond donors (Lipinski definition) is 2. The molecule has 0 spiro atoms. The average Bonchev–Trinajstić information content (AvgIpc) is 3.03. The average molecular weight is 331 g/mol. The molecule has 4 rings (SSSR count). The number of allylic oxidation sites excluding steroid dienone is 1. The van der Waals surface area contributed by atoms with Crippen molar-refractivity contribution in [1.82, 2.24) is 10.6 Å². The zero-order valence-electron chi connectivity index (χ0n) is 13.6. The Morgan fingerprint density at radius 2 is 2.09 bits per heavy atom. The van der Waals surface area contributed by atoms with Gasteiger partial charge in [0.05, 0.1) is 6.10 Å². The topological polar surface area (TPSA) is 33.3 Å². The third-order valence-electron chi connectivity index (χ3n) is 5.81. The van der Waals surface area contributed by atoms with Crippen LogP contribution in [0.5, 0.6) is 0 Å². The molecule has 2 aliphatic heterocycles. The van der Waals surface area contributed by atoms with E-state index in [-0.39, 0.29) is 11.5 Å². The highest BCUT2D eigenvalue weighted by Gasteiger charge is 2.55. The van der Waals surface area contributed by atoms with Gasteiger partial charge in [-0.1, -0.05) is 42.8 Å². The van der Waals surface area contributed by atoms with Gasteiger partial charge in [-0.2, -0.15) is 0 Å². The molecule has 0 amide bonds. The summed E-state index contributed by atoms with van der Waals surface area (Å²) in [5.74, 6) is 0.904. The summed E-state index contributed by atoms with van der Waals surface area (Å²) in [6, 6.07) is 8.23. The maximum atomic E-state index is 6.03. The van der Waals surface area contributed by atoms with Crippen LogP contribution < -0.4 is 10.6 Å². The molecule has 0 radical (unpaired) electrons. The molecule has 5 unspecified atom stereocenters. The molecule has 1 aromatic rings. The lowest BCUT2D eigenvalue weighted by atomic mass is 9.65. The monoisotopic (exact) mass is 330 g/mol. The Labute approximate surface area is 142 Å². The van der Waals surface area contributed by atoms with Gasteiger partial charge < -0.3 is 15.4 Å². The number of halogens is 1. The molecule has 1 fully saturated rings. The van der Waals surface area contributed by atoms with Crippen molar-refractivity contribution in [3.63, 3.8) is 0 Å². The van der Waals surface area contributed by atoms with E-state index in [0.717, 1.165) is 17.9 Å². The van der Waals surface area contributed by atoms with Crippen LogP contribution in [-0.4, -0.2) is 19.4 Å². The Hall–Kier alpha value is -1.45. The lowest BCUT2D eigenvalue weighted by Gasteiger charge is -2.40. The predicted octanol–water partition coefficient (Wildman–Crippen LogP) is 3.47. The predicted molar refractivity (Wildman–Crippen MR) is 92.9 cm³/mol. The Morgan fingerprint density at radius 3 is 2.83 bits per heavy atom. The number of ether oxygens (including phenoxy) is 1. The molecule has 122 valence electrons. The number of benzene rings is 1. The standard InChI is InChI=1S/C19H23ClN2O/c1-19-9-10-21-18(19)22-15-7-8-16(23-2)14(17(15)19)11-12-3-5-13(20)6-4-12/h3-7,9-10,14,16-18,21-22H,8,11H2,1-2H3. The van der Waals surface area contributed by atoms with E-state index >= 15 is 0 Å². The van der Waals surface area contributed by atoms with Gasteiger partial charge in [0.2, 0.25) is 0 Å². The van der Waals surface area contributed by atoms with Gasteiger partial charge in [-0.3, -0.25) is 0 Å². The van der Waals surface area contributed by atoms with E-state index in [4.69, 9.17) is 16.3 Å². The highest BCUT2D eigenvalue weighted by atomic mass is 35.5. The van der Waals surface area contributed by atoms with Crippen LogP contribution in [0.25, 0.3) is 0 Å². The molecule has 0 bridgehead atoms. The maximum Gasteiger partial charge on any atom is 0.105 e. The second-order valence-corrected chi connectivity index (χ2v) is 7.52. The van der Waals surface area contributed by atoms with Crippen molar-refractivity contribution >= 4 is 11.6 Å². The van der Waals surface area contributed by atoms with Crippen molar-refractivity contribution < 1.29 is 4.74 Å². The normalized spacial score (nSPS) is 37.6. The Morgan fingerprint density at radius 1 is 1.30 bits per heavy atom. The van der Waals surface area contributed by atoms with Crippen molar-refractivity contribution in [2.75, 3.05) is 7.11 Å². The molecule has 23 heavy (non-hydrogen) atoms. The van der Waals surface area contributed by atoms with Gasteiger partial charge in [-0.15, -0.1) is 0 Å². The summed E-state index contributed by atoms with van der Waals surface area (Å²) in [4.78, 5) is 0. The van der Waals surface area contributed by atoms with E-state index in [1.807, 2.05) is 19.2 Å². The summed E-state index contributed by atoms with van der Waals surface area (Å²) < 4.78 is 5.86. The van der Waals surface area contributed by atoms with Crippen molar-refractivity contribution in [3.05, 3.63) is 58.9 Å². The van der Waals surface area contributed by atoms with E-state index in [1.165, 1.54) is 11.3 Å². The van der Waals surface area contributed by atoms with Gasteiger partial charge >= 0.3 is 0 Å². The molecule has 1 aromatic carbocycles. The first-order chi connectivity index (χ1) is 11.1. The summed E-state index contributed by atoms with van der Waals surface area (Å²) in [6.45, 7) is 2.35. The van der Waals surface area contributed by atoms with Gasteiger partial charge in [-0.25, -0.2) is 0 Å².